The minimum atomic E-state index is -0.268. The Bertz CT molecular complexity index is 183. The molecule has 0 aromatic carbocycles. The van der Waals surface area contributed by atoms with Crippen molar-refractivity contribution >= 4 is 0 Å². The summed E-state index contributed by atoms with van der Waals surface area (Å²) in [6.45, 7) is 5.71. The Kier molecular flexibility index (Phi) is 3.07. The molecule has 1 aliphatic heterocycles. The molecule has 3 nitrogen and oxygen atoms in total. The second kappa shape index (κ2) is 3.88. The Balaban J connectivity index is 2.50. The first-order chi connectivity index (χ1) is 5.70. The van der Waals surface area contributed by atoms with Gasteiger partial charge in [-0.2, -0.15) is 5.26 Å². The van der Waals surface area contributed by atoms with E-state index in [-0.39, 0.29) is 11.7 Å². The molecule has 1 saturated heterocycles. The van der Waals surface area contributed by atoms with Gasteiger partial charge in [0, 0.05) is 13.1 Å². The summed E-state index contributed by atoms with van der Waals surface area (Å²) in [5.41, 5.74) is -0.132. The first-order valence-electron chi connectivity index (χ1n) is 4.48. The number of ether oxygens (including phenoxy) is 1. The van der Waals surface area contributed by atoms with Crippen molar-refractivity contribution in [2.45, 2.75) is 38.4 Å². The summed E-state index contributed by atoms with van der Waals surface area (Å²) in [4.78, 5) is 0. The highest BCUT2D eigenvalue weighted by Crippen LogP contribution is 2.21. The van der Waals surface area contributed by atoms with Crippen molar-refractivity contribution in [1.82, 2.24) is 5.32 Å². The highest BCUT2D eigenvalue weighted by atomic mass is 16.5. The standard InChI is InChI=1S/C9H16N2O/c1-3-4-9(2)7-11-6-8(5-10)12-9/h8,11H,3-4,6-7H2,1-2H3. The van der Waals surface area contributed by atoms with E-state index < -0.39 is 0 Å². The third kappa shape index (κ3) is 2.20. The summed E-state index contributed by atoms with van der Waals surface area (Å²) in [5.74, 6) is 0. The summed E-state index contributed by atoms with van der Waals surface area (Å²) < 4.78 is 5.64. The average Bonchev–Trinajstić information content (AvgIpc) is 2.04. The molecule has 0 aliphatic carbocycles. The zero-order chi connectivity index (χ0) is 9.03. The van der Waals surface area contributed by atoms with E-state index in [4.69, 9.17) is 10.00 Å². The van der Waals surface area contributed by atoms with Crippen molar-refractivity contribution in [1.29, 1.82) is 5.26 Å². The van der Waals surface area contributed by atoms with Crippen LogP contribution < -0.4 is 5.32 Å². The first-order valence-corrected chi connectivity index (χ1v) is 4.48. The number of hydrogen-bond acceptors (Lipinski definition) is 3. The molecule has 0 saturated carbocycles. The molecule has 3 heteroatoms. The number of hydrogen-bond donors (Lipinski definition) is 1. The molecule has 1 fully saturated rings. The minimum Gasteiger partial charge on any atom is -0.354 e. The fourth-order valence-corrected chi connectivity index (χ4v) is 1.64. The molecule has 0 bridgehead atoms. The molecule has 1 aliphatic rings. The van der Waals surface area contributed by atoms with Crippen molar-refractivity contribution < 1.29 is 4.74 Å². The molecule has 0 amide bonds. The van der Waals surface area contributed by atoms with Crippen LogP contribution in [-0.2, 0) is 4.74 Å². The van der Waals surface area contributed by atoms with Crippen LogP contribution in [0.2, 0.25) is 0 Å². The Morgan fingerprint density at radius 2 is 2.50 bits per heavy atom. The van der Waals surface area contributed by atoms with Crippen molar-refractivity contribution in [3.8, 4) is 6.07 Å². The van der Waals surface area contributed by atoms with Gasteiger partial charge in [0.15, 0.2) is 6.10 Å². The van der Waals surface area contributed by atoms with E-state index in [1.54, 1.807) is 0 Å². The van der Waals surface area contributed by atoms with Crippen LogP contribution in [0.25, 0.3) is 0 Å². The normalized spacial score (nSPS) is 35.9. The van der Waals surface area contributed by atoms with E-state index in [0.29, 0.717) is 6.54 Å². The summed E-state index contributed by atoms with van der Waals surface area (Å²) in [6.07, 6.45) is 1.84. The van der Waals surface area contributed by atoms with Gasteiger partial charge in [0.25, 0.3) is 0 Å². The van der Waals surface area contributed by atoms with Crippen LogP contribution in [0.5, 0.6) is 0 Å². The van der Waals surface area contributed by atoms with Crippen LogP contribution in [0.3, 0.4) is 0 Å². The summed E-state index contributed by atoms with van der Waals surface area (Å²) >= 11 is 0. The molecule has 12 heavy (non-hydrogen) atoms. The number of nitriles is 1. The van der Waals surface area contributed by atoms with Gasteiger partial charge in [-0.15, -0.1) is 0 Å². The fraction of sp³-hybridized carbons (Fsp3) is 0.889. The van der Waals surface area contributed by atoms with Crippen molar-refractivity contribution in [3.05, 3.63) is 0 Å². The monoisotopic (exact) mass is 168 g/mol. The van der Waals surface area contributed by atoms with Gasteiger partial charge < -0.3 is 10.1 Å². The van der Waals surface area contributed by atoms with Crippen molar-refractivity contribution in [3.63, 3.8) is 0 Å². The largest absolute Gasteiger partial charge is 0.354 e. The molecule has 0 spiro atoms. The van der Waals surface area contributed by atoms with Gasteiger partial charge in [-0.05, 0) is 13.3 Å². The van der Waals surface area contributed by atoms with Gasteiger partial charge in [-0.1, -0.05) is 13.3 Å². The number of nitrogens with one attached hydrogen (secondary N) is 1. The smallest absolute Gasteiger partial charge is 0.157 e. The molecule has 2 unspecified atom stereocenters. The van der Waals surface area contributed by atoms with E-state index >= 15 is 0 Å². The van der Waals surface area contributed by atoms with Crippen LogP contribution in [0, 0.1) is 11.3 Å². The van der Waals surface area contributed by atoms with Gasteiger partial charge >= 0.3 is 0 Å². The lowest BCUT2D eigenvalue weighted by Crippen LogP contribution is -2.51. The molecule has 0 radical (unpaired) electrons. The van der Waals surface area contributed by atoms with Crippen molar-refractivity contribution in [2.24, 2.45) is 0 Å². The molecular weight excluding hydrogens is 152 g/mol. The van der Waals surface area contributed by atoms with Gasteiger partial charge in [0.2, 0.25) is 0 Å². The molecule has 0 aromatic rings. The zero-order valence-corrected chi connectivity index (χ0v) is 7.76. The first kappa shape index (κ1) is 9.50. The topological polar surface area (TPSA) is 45.0 Å². The van der Waals surface area contributed by atoms with E-state index in [0.717, 1.165) is 19.4 Å². The van der Waals surface area contributed by atoms with Gasteiger partial charge in [0.05, 0.1) is 11.7 Å². The average molecular weight is 168 g/mol. The van der Waals surface area contributed by atoms with Crippen LogP contribution >= 0.6 is 0 Å². The molecule has 1 rings (SSSR count). The molecule has 68 valence electrons. The highest BCUT2D eigenvalue weighted by molar-refractivity contribution is 4.94. The Morgan fingerprint density at radius 1 is 1.75 bits per heavy atom. The van der Waals surface area contributed by atoms with E-state index in [1.807, 2.05) is 0 Å². The lowest BCUT2D eigenvalue weighted by molar-refractivity contribution is -0.0872. The SMILES string of the molecule is CCCC1(C)CNCC(C#N)O1. The zero-order valence-electron chi connectivity index (χ0n) is 7.76. The second-order valence-corrected chi connectivity index (χ2v) is 3.57. The third-order valence-corrected chi connectivity index (χ3v) is 2.18. The molecule has 1 heterocycles. The maximum atomic E-state index is 8.68. The van der Waals surface area contributed by atoms with Crippen LogP contribution in [-0.4, -0.2) is 24.8 Å². The Hall–Kier alpha value is -0.590. The van der Waals surface area contributed by atoms with Gasteiger partial charge in [0.1, 0.15) is 0 Å². The maximum Gasteiger partial charge on any atom is 0.157 e. The van der Waals surface area contributed by atoms with E-state index in [1.165, 1.54) is 0 Å². The number of rotatable bonds is 2. The van der Waals surface area contributed by atoms with E-state index in [2.05, 4.69) is 25.2 Å². The van der Waals surface area contributed by atoms with Crippen LogP contribution in [0.1, 0.15) is 26.7 Å². The summed E-state index contributed by atoms with van der Waals surface area (Å²) in [7, 11) is 0. The lowest BCUT2D eigenvalue weighted by Gasteiger charge is -2.36. The lowest BCUT2D eigenvalue weighted by atomic mass is 9.98. The fourth-order valence-electron chi connectivity index (χ4n) is 1.64. The minimum absolute atomic E-state index is 0.132. The predicted octanol–water partition coefficient (Wildman–Crippen LogP) is 1.06. The van der Waals surface area contributed by atoms with Crippen LogP contribution in [0.4, 0.5) is 0 Å². The number of nitrogens with zero attached hydrogens (tertiary/aromatic N) is 1. The molecule has 0 aromatic heterocycles. The summed E-state index contributed by atoms with van der Waals surface area (Å²) in [5, 5.41) is 11.9. The Morgan fingerprint density at radius 3 is 3.08 bits per heavy atom. The quantitative estimate of drug-likeness (QED) is 0.670. The Labute approximate surface area is 73.7 Å². The molecule has 1 N–H and O–H groups in total. The number of morpholine rings is 1. The van der Waals surface area contributed by atoms with E-state index in [9.17, 15) is 0 Å². The highest BCUT2D eigenvalue weighted by Gasteiger charge is 2.31. The summed E-state index contributed by atoms with van der Waals surface area (Å²) in [6, 6.07) is 2.13. The van der Waals surface area contributed by atoms with Crippen molar-refractivity contribution in [2.75, 3.05) is 13.1 Å². The predicted molar refractivity (Wildman–Crippen MR) is 46.7 cm³/mol. The second-order valence-electron chi connectivity index (χ2n) is 3.57. The van der Waals surface area contributed by atoms with Crippen LogP contribution in [0.15, 0.2) is 0 Å². The maximum absolute atomic E-state index is 8.68. The van der Waals surface area contributed by atoms with Gasteiger partial charge in [-0.25, -0.2) is 0 Å². The molecular formula is C9H16N2O. The molecule has 2 atom stereocenters. The van der Waals surface area contributed by atoms with Gasteiger partial charge in [-0.3, -0.25) is 0 Å². The third-order valence-electron chi connectivity index (χ3n) is 2.18.